The minimum Gasteiger partial charge on any atom is -0.468 e. The van der Waals surface area contributed by atoms with E-state index in [1.807, 2.05) is 20.8 Å². The summed E-state index contributed by atoms with van der Waals surface area (Å²) in [5, 5.41) is 3.26. The van der Waals surface area contributed by atoms with Crippen LogP contribution in [0.15, 0.2) is 39.1 Å². The van der Waals surface area contributed by atoms with Crippen LogP contribution < -0.4 is 5.32 Å². The number of hydrogen-bond donors (Lipinski definition) is 1. The maximum absolute atomic E-state index is 13.6. The summed E-state index contributed by atoms with van der Waals surface area (Å²) in [5.74, 6) is -1.99. The average molecular weight is 427 g/mol. The summed E-state index contributed by atoms with van der Waals surface area (Å²) >= 11 is 0. The fraction of sp³-hybridized carbons (Fsp3) is 0.542. The topological polar surface area (TPSA) is 94.8 Å². The molecule has 2 heterocycles. The third kappa shape index (κ3) is 3.82. The number of Topliss-reactive ketones (excluding diaryl/α,β-unsaturated/α-hetero) is 1. The van der Waals surface area contributed by atoms with Gasteiger partial charge in [-0.1, -0.05) is 6.92 Å². The number of aryl methyl sites for hydroxylation is 1. The van der Waals surface area contributed by atoms with Crippen LogP contribution in [0.4, 0.5) is 0 Å². The number of esters is 2. The van der Waals surface area contributed by atoms with Crippen molar-refractivity contribution in [1.82, 2.24) is 5.32 Å². The van der Waals surface area contributed by atoms with Gasteiger partial charge >= 0.3 is 11.9 Å². The molecule has 2 aliphatic carbocycles. The Balaban J connectivity index is 1.78. The van der Waals surface area contributed by atoms with E-state index in [0.717, 1.165) is 31.4 Å². The standard InChI is InChI=1S/C24H29NO6/c1-12-11-16-20(22(26)18(12)23(27)29-4)21(17-10-9-13(2)30-17)19(14(3)25-16)24(28)31-15-7-5-6-8-15/h9-10,12,15,18,21,25H,5-8,11H2,1-4H3/t12-,18-,21-/m0/s1. The second kappa shape index (κ2) is 8.36. The van der Waals surface area contributed by atoms with Crippen molar-refractivity contribution >= 4 is 17.7 Å². The number of methoxy groups -OCH3 is 1. The number of carbonyl (C=O) groups is 3. The molecule has 0 saturated heterocycles. The first-order valence-corrected chi connectivity index (χ1v) is 10.9. The van der Waals surface area contributed by atoms with Gasteiger partial charge in [-0.2, -0.15) is 0 Å². The maximum atomic E-state index is 13.6. The Labute approximate surface area is 181 Å². The summed E-state index contributed by atoms with van der Waals surface area (Å²) in [7, 11) is 1.28. The lowest BCUT2D eigenvalue weighted by molar-refractivity contribution is -0.151. The predicted octanol–water partition coefficient (Wildman–Crippen LogP) is 3.69. The van der Waals surface area contributed by atoms with Gasteiger partial charge in [0.15, 0.2) is 5.78 Å². The monoisotopic (exact) mass is 427 g/mol. The van der Waals surface area contributed by atoms with Gasteiger partial charge in [-0.3, -0.25) is 9.59 Å². The molecule has 7 heteroatoms. The van der Waals surface area contributed by atoms with Crippen molar-refractivity contribution in [1.29, 1.82) is 0 Å². The van der Waals surface area contributed by atoms with Crippen molar-refractivity contribution < 1.29 is 28.3 Å². The Morgan fingerprint density at radius 1 is 1.16 bits per heavy atom. The lowest BCUT2D eigenvalue weighted by Gasteiger charge is -2.37. The fourth-order valence-corrected chi connectivity index (χ4v) is 5.07. The van der Waals surface area contributed by atoms with Gasteiger partial charge in [-0.15, -0.1) is 0 Å². The third-order valence-corrected chi connectivity index (χ3v) is 6.58. The van der Waals surface area contributed by atoms with E-state index in [0.29, 0.717) is 34.8 Å². The summed E-state index contributed by atoms with van der Waals surface area (Å²) in [6, 6.07) is 3.59. The lowest BCUT2D eigenvalue weighted by atomic mass is 9.70. The first-order valence-electron chi connectivity index (χ1n) is 10.9. The highest BCUT2D eigenvalue weighted by atomic mass is 16.5. The number of ether oxygens (including phenoxy) is 2. The highest BCUT2D eigenvalue weighted by Gasteiger charge is 2.48. The van der Waals surface area contributed by atoms with Crippen LogP contribution >= 0.6 is 0 Å². The predicted molar refractivity (Wildman–Crippen MR) is 112 cm³/mol. The van der Waals surface area contributed by atoms with Gasteiger partial charge in [0.2, 0.25) is 0 Å². The maximum Gasteiger partial charge on any atom is 0.337 e. The van der Waals surface area contributed by atoms with Crippen molar-refractivity contribution in [3.8, 4) is 0 Å². The number of carbonyl (C=O) groups excluding carboxylic acids is 3. The van der Waals surface area contributed by atoms with Crippen LogP contribution in [0.3, 0.4) is 0 Å². The van der Waals surface area contributed by atoms with E-state index >= 15 is 0 Å². The van der Waals surface area contributed by atoms with Gasteiger partial charge < -0.3 is 19.2 Å². The summed E-state index contributed by atoms with van der Waals surface area (Å²) in [5.41, 5.74) is 2.14. The minimum absolute atomic E-state index is 0.105. The molecule has 3 aliphatic rings. The van der Waals surface area contributed by atoms with Crippen LogP contribution in [0.1, 0.15) is 63.4 Å². The summed E-state index contributed by atoms with van der Waals surface area (Å²) in [6.07, 6.45) is 4.19. The molecule has 0 aromatic carbocycles. The Morgan fingerprint density at radius 2 is 1.87 bits per heavy atom. The molecule has 3 atom stereocenters. The molecule has 31 heavy (non-hydrogen) atoms. The van der Waals surface area contributed by atoms with Crippen LogP contribution in [0.5, 0.6) is 0 Å². The molecular formula is C24H29NO6. The van der Waals surface area contributed by atoms with E-state index in [1.165, 1.54) is 7.11 Å². The van der Waals surface area contributed by atoms with E-state index in [4.69, 9.17) is 13.9 Å². The van der Waals surface area contributed by atoms with Gasteiger partial charge in [0.25, 0.3) is 0 Å². The number of furan rings is 1. The van der Waals surface area contributed by atoms with Crippen LogP contribution in [0.25, 0.3) is 0 Å². The molecule has 166 valence electrons. The molecule has 1 aromatic rings. The third-order valence-electron chi connectivity index (χ3n) is 6.58. The smallest absolute Gasteiger partial charge is 0.337 e. The molecule has 0 radical (unpaired) electrons. The molecule has 0 unspecified atom stereocenters. The number of allylic oxidation sites excluding steroid dienone is 3. The summed E-state index contributed by atoms with van der Waals surface area (Å²) in [6.45, 7) is 5.49. The number of rotatable bonds is 4. The average Bonchev–Trinajstić information content (AvgIpc) is 3.38. The number of hydrogen-bond acceptors (Lipinski definition) is 7. The van der Waals surface area contributed by atoms with Crippen LogP contribution in [0, 0.1) is 18.8 Å². The number of dihydropyridines is 1. The van der Waals surface area contributed by atoms with Crippen LogP contribution in [-0.2, 0) is 23.9 Å². The van der Waals surface area contributed by atoms with Crippen molar-refractivity contribution in [2.24, 2.45) is 11.8 Å². The lowest BCUT2D eigenvalue weighted by Crippen LogP contribution is -2.43. The van der Waals surface area contributed by atoms with Crippen molar-refractivity contribution in [3.05, 3.63) is 46.2 Å². The van der Waals surface area contributed by atoms with Gasteiger partial charge in [-0.25, -0.2) is 4.79 Å². The van der Waals surface area contributed by atoms with Gasteiger partial charge in [-0.05, 0) is 64.0 Å². The molecule has 1 N–H and O–H groups in total. The summed E-state index contributed by atoms with van der Waals surface area (Å²) in [4.78, 5) is 39.3. The van der Waals surface area contributed by atoms with E-state index in [-0.39, 0.29) is 17.8 Å². The molecule has 0 amide bonds. The molecule has 1 saturated carbocycles. The first kappa shape index (κ1) is 21.4. The molecule has 1 aromatic heterocycles. The van der Waals surface area contributed by atoms with Crippen LogP contribution in [-0.4, -0.2) is 30.9 Å². The summed E-state index contributed by atoms with van der Waals surface area (Å²) < 4.78 is 16.6. The molecule has 1 fully saturated rings. The molecular weight excluding hydrogens is 398 g/mol. The Hall–Kier alpha value is -2.83. The van der Waals surface area contributed by atoms with E-state index in [9.17, 15) is 14.4 Å². The quantitative estimate of drug-likeness (QED) is 0.578. The molecule has 1 aliphatic heterocycles. The Kier molecular flexibility index (Phi) is 5.77. The SMILES string of the molecule is COC(=O)[C@@H]1C(=O)C2=C(C[C@@H]1C)NC(C)=C(C(=O)OC1CCCC1)[C@@H]2c1ccc(C)o1. The zero-order chi connectivity index (χ0) is 22.3. The molecule has 0 spiro atoms. The first-order chi connectivity index (χ1) is 14.8. The highest BCUT2D eigenvalue weighted by molar-refractivity contribution is 6.12. The minimum atomic E-state index is -0.908. The second-order valence-electron chi connectivity index (χ2n) is 8.80. The van der Waals surface area contributed by atoms with E-state index < -0.39 is 23.8 Å². The molecule has 4 rings (SSSR count). The van der Waals surface area contributed by atoms with Crippen molar-refractivity contribution in [2.75, 3.05) is 7.11 Å². The molecule has 7 nitrogen and oxygen atoms in total. The zero-order valence-corrected chi connectivity index (χ0v) is 18.4. The van der Waals surface area contributed by atoms with Gasteiger partial charge in [0.05, 0.1) is 18.6 Å². The van der Waals surface area contributed by atoms with E-state index in [2.05, 4.69) is 5.32 Å². The number of nitrogens with one attached hydrogen (secondary N) is 1. The number of ketones is 1. The fourth-order valence-electron chi connectivity index (χ4n) is 5.07. The highest BCUT2D eigenvalue weighted by Crippen LogP contribution is 2.46. The van der Waals surface area contributed by atoms with Crippen molar-refractivity contribution in [2.45, 2.75) is 64.9 Å². The normalized spacial score (nSPS) is 26.6. The van der Waals surface area contributed by atoms with Crippen LogP contribution in [0.2, 0.25) is 0 Å². The largest absolute Gasteiger partial charge is 0.468 e. The van der Waals surface area contributed by atoms with Crippen molar-refractivity contribution in [3.63, 3.8) is 0 Å². The zero-order valence-electron chi connectivity index (χ0n) is 18.4. The van der Waals surface area contributed by atoms with Gasteiger partial charge in [0.1, 0.15) is 23.5 Å². The van der Waals surface area contributed by atoms with E-state index in [1.54, 1.807) is 12.1 Å². The van der Waals surface area contributed by atoms with Gasteiger partial charge in [0, 0.05) is 17.0 Å². The second-order valence-corrected chi connectivity index (χ2v) is 8.80. The molecule has 0 bridgehead atoms. The Bertz CT molecular complexity index is 978. The Morgan fingerprint density at radius 3 is 2.48 bits per heavy atom.